The molecule has 19 heavy (non-hydrogen) atoms. The van der Waals surface area contributed by atoms with E-state index in [1.165, 1.54) is 32.1 Å². The van der Waals surface area contributed by atoms with E-state index >= 15 is 0 Å². The molecule has 1 aliphatic rings. The first-order valence-corrected chi connectivity index (χ1v) is 7.48. The van der Waals surface area contributed by atoms with Crippen LogP contribution in [0.15, 0.2) is 18.2 Å². The number of carbonyl (C=O) groups is 1. The molecule has 0 heterocycles. The van der Waals surface area contributed by atoms with Crippen LogP contribution in [0.4, 0.5) is 0 Å². The Morgan fingerprint density at radius 1 is 1.21 bits per heavy atom. The number of ether oxygens (including phenoxy) is 1. The predicted octanol–water partition coefficient (Wildman–Crippen LogP) is 4.77. The van der Waals surface area contributed by atoms with Gasteiger partial charge in [-0.25, -0.2) is 0 Å². The molecule has 0 bridgehead atoms. The summed E-state index contributed by atoms with van der Waals surface area (Å²) in [5.74, 6) is 0.500. The van der Waals surface area contributed by atoms with Crippen molar-refractivity contribution in [2.75, 3.05) is 13.2 Å². The fourth-order valence-corrected chi connectivity index (χ4v) is 2.86. The molecule has 2 nitrogen and oxygen atoms in total. The van der Waals surface area contributed by atoms with Crippen LogP contribution in [0.25, 0.3) is 0 Å². The highest BCUT2D eigenvalue weighted by atomic mass is 35.5. The highest BCUT2D eigenvalue weighted by molar-refractivity contribution is 6.35. The Balaban J connectivity index is 1.82. The molecule has 0 aliphatic heterocycles. The molecule has 1 fully saturated rings. The van der Waals surface area contributed by atoms with Crippen molar-refractivity contribution in [2.24, 2.45) is 5.92 Å². The molecule has 1 aromatic rings. The Bertz CT molecular complexity index is 440. The Morgan fingerprint density at radius 3 is 2.68 bits per heavy atom. The third-order valence-corrected chi connectivity index (χ3v) is 4.10. The molecule has 4 heteroatoms. The van der Waals surface area contributed by atoms with E-state index in [1.54, 1.807) is 18.2 Å². The van der Waals surface area contributed by atoms with E-state index in [0.29, 0.717) is 28.1 Å². The van der Waals surface area contributed by atoms with Crippen LogP contribution in [0.2, 0.25) is 10.0 Å². The Hall–Kier alpha value is -0.570. The zero-order valence-corrected chi connectivity index (χ0v) is 12.3. The number of rotatable bonds is 5. The number of carbonyl (C=O) groups excluding carboxylic acids is 1. The van der Waals surface area contributed by atoms with Gasteiger partial charge in [0.15, 0.2) is 5.78 Å². The van der Waals surface area contributed by atoms with E-state index in [2.05, 4.69) is 0 Å². The van der Waals surface area contributed by atoms with Gasteiger partial charge in [-0.15, -0.1) is 0 Å². The quantitative estimate of drug-likeness (QED) is 0.732. The second-order valence-electron chi connectivity index (χ2n) is 5.07. The van der Waals surface area contributed by atoms with Crippen LogP contribution in [0.1, 0.15) is 42.5 Å². The lowest BCUT2D eigenvalue weighted by atomic mass is 9.90. The highest BCUT2D eigenvalue weighted by Gasteiger charge is 2.15. The maximum Gasteiger partial charge on any atom is 0.190 e. The van der Waals surface area contributed by atoms with Crippen molar-refractivity contribution < 1.29 is 9.53 Å². The third-order valence-electron chi connectivity index (χ3n) is 3.54. The summed E-state index contributed by atoms with van der Waals surface area (Å²) in [5, 5.41) is 0.940. The summed E-state index contributed by atoms with van der Waals surface area (Å²) < 4.78 is 5.53. The zero-order valence-electron chi connectivity index (χ0n) is 10.8. The van der Waals surface area contributed by atoms with Gasteiger partial charge in [0.05, 0.1) is 11.6 Å². The lowest BCUT2D eigenvalue weighted by Gasteiger charge is -2.21. The van der Waals surface area contributed by atoms with Crippen molar-refractivity contribution in [3.63, 3.8) is 0 Å². The molecule has 0 aromatic heterocycles. The topological polar surface area (TPSA) is 26.3 Å². The van der Waals surface area contributed by atoms with Gasteiger partial charge in [-0.1, -0.05) is 42.5 Å². The second kappa shape index (κ2) is 7.28. The van der Waals surface area contributed by atoms with Crippen LogP contribution in [-0.2, 0) is 4.74 Å². The van der Waals surface area contributed by atoms with Gasteiger partial charge in [-0.05, 0) is 37.0 Å². The van der Waals surface area contributed by atoms with Gasteiger partial charge >= 0.3 is 0 Å². The molecule has 0 unspecified atom stereocenters. The van der Waals surface area contributed by atoms with Crippen molar-refractivity contribution in [3.05, 3.63) is 33.8 Å². The first-order valence-electron chi connectivity index (χ1n) is 6.73. The van der Waals surface area contributed by atoms with Crippen LogP contribution in [0, 0.1) is 5.92 Å². The SMILES string of the molecule is O=C(COCC1CCCCC1)c1cc(Cl)ccc1Cl. The molecule has 1 aliphatic carbocycles. The molecule has 0 atom stereocenters. The van der Waals surface area contributed by atoms with Gasteiger partial charge in [0.2, 0.25) is 0 Å². The monoisotopic (exact) mass is 300 g/mol. The molecule has 0 saturated heterocycles. The van der Waals surface area contributed by atoms with E-state index in [9.17, 15) is 4.79 Å². The van der Waals surface area contributed by atoms with Crippen molar-refractivity contribution in [1.82, 2.24) is 0 Å². The lowest BCUT2D eigenvalue weighted by molar-refractivity contribution is 0.0629. The maximum absolute atomic E-state index is 12.0. The predicted molar refractivity (Wildman–Crippen MR) is 78.2 cm³/mol. The summed E-state index contributed by atoms with van der Waals surface area (Å²) in [5.41, 5.74) is 0.442. The molecule has 2 rings (SSSR count). The molecule has 1 aromatic carbocycles. The smallest absolute Gasteiger partial charge is 0.190 e. The fraction of sp³-hybridized carbons (Fsp3) is 0.533. The Morgan fingerprint density at radius 2 is 1.95 bits per heavy atom. The van der Waals surface area contributed by atoms with Gasteiger partial charge in [0.1, 0.15) is 6.61 Å². The minimum Gasteiger partial charge on any atom is -0.373 e. The number of hydrogen-bond acceptors (Lipinski definition) is 2. The van der Waals surface area contributed by atoms with E-state index in [4.69, 9.17) is 27.9 Å². The summed E-state index contributed by atoms with van der Waals surface area (Å²) >= 11 is 11.8. The summed E-state index contributed by atoms with van der Waals surface area (Å²) in [6.45, 7) is 0.750. The number of halogens is 2. The second-order valence-corrected chi connectivity index (χ2v) is 5.91. The fourth-order valence-electron chi connectivity index (χ4n) is 2.46. The molecule has 0 N–H and O–H groups in total. The van der Waals surface area contributed by atoms with Gasteiger partial charge in [-0.2, -0.15) is 0 Å². The molecule has 0 radical (unpaired) electrons. The van der Waals surface area contributed by atoms with Crippen molar-refractivity contribution >= 4 is 29.0 Å². The van der Waals surface area contributed by atoms with E-state index in [-0.39, 0.29) is 12.4 Å². The largest absolute Gasteiger partial charge is 0.373 e. The summed E-state index contributed by atoms with van der Waals surface area (Å²) in [6.07, 6.45) is 6.32. The van der Waals surface area contributed by atoms with Gasteiger partial charge in [0, 0.05) is 10.6 Å². The van der Waals surface area contributed by atoms with Crippen LogP contribution in [0.5, 0.6) is 0 Å². The van der Waals surface area contributed by atoms with Crippen molar-refractivity contribution in [1.29, 1.82) is 0 Å². The first-order chi connectivity index (χ1) is 9.16. The zero-order chi connectivity index (χ0) is 13.7. The minimum absolute atomic E-state index is 0.0799. The summed E-state index contributed by atoms with van der Waals surface area (Å²) in [4.78, 5) is 12.0. The van der Waals surface area contributed by atoms with E-state index in [1.807, 2.05) is 0 Å². The van der Waals surface area contributed by atoms with Crippen LogP contribution in [0.3, 0.4) is 0 Å². The average Bonchev–Trinajstić information content (AvgIpc) is 2.42. The van der Waals surface area contributed by atoms with Crippen LogP contribution >= 0.6 is 23.2 Å². The van der Waals surface area contributed by atoms with E-state index in [0.717, 1.165) is 0 Å². The molecule has 104 valence electrons. The van der Waals surface area contributed by atoms with Gasteiger partial charge < -0.3 is 4.74 Å². The first kappa shape index (κ1) is 14.8. The van der Waals surface area contributed by atoms with Gasteiger partial charge in [0.25, 0.3) is 0 Å². The highest BCUT2D eigenvalue weighted by Crippen LogP contribution is 2.24. The van der Waals surface area contributed by atoms with Crippen LogP contribution in [-0.4, -0.2) is 19.0 Å². The molecular weight excluding hydrogens is 283 g/mol. The number of Topliss-reactive ketones (excluding diaryl/α,β-unsaturated/α-hetero) is 1. The van der Waals surface area contributed by atoms with Crippen LogP contribution < -0.4 is 0 Å². The van der Waals surface area contributed by atoms with Gasteiger partial charge in [-0.3, -0.25) is 4.79 Å². The Kier molecular flexibility index (Phi) is 5.68. The molecule has 0 spiro atoms. The number of ketones is 1. The third kappa shape index (κ3) is 4.48. The Labute approximate surface area is 124 Å². The summed E-state index contributed by atoms with van der Waals surface area (Å²) in [7, 11) is 0. The number of benzene rings is 1. The minimum atomic E-state index is -0.108. The summed E-state index contributed by atoms with van der Waals surface area (Å²) in [6, 6.07) is 4.90. The standard InChI is InChI=1S/C15H18Cl2O2/c16-12-6-7-14(17)13(8-12)15(18)10-19-9-11-4-2-1-3-5-11/h6-8,11H,1-5,9-10H2. The van der Waals surface area contributed by atoms with Crippen molar-refractivity contribution in [2.45, 2.75) is 32.1 Å². The van der Waals surface area contributed by atoms with E-state index < -0.39 is 0 Å². The number of hydrogen-bond donors (Lipinski definition) is 0. The molecule has 1 saturated carbocycles. The molecule has 0 amide bonds. The lowest BCUT2D eigenvalue weighted by Crippen LogP contribution is -2.17. The molecular formula is C15H18Cl2O2. The maximum atomic E-state index is 12.0. The normalized spacial score (nSPS) is 16.5. The van der Waals surface area contributed by atoms with Crippen molar-refractivity contribution in [3.8, 4) is 0 Å². The average molecular weight is 301 g/mol.